The molecule has 1 heterocycles. The van der Waals surface area contributed by atoms with Gasteiger partial charge < -0.3 is 0 Å². The highest BCUT2D eigenvalue weighted by Gasteiger charge is 2.11. The largest absolute Gasteiger partial charge is 0.288 e. The van der Waals surface area contributed by atoms with Crippen LogP contribution in [0.3, 0.4) is 0 Å². The lowest BCUT2D eigenvalue weighted by atomic mass is 10.2. The molecule has 0 saturated heterocycles. The fraction of sp³-hybridized carbons (Fsp3) is 0. The van der Waals surface area contributed by atoms with Crippen molar-refractivity contribution in [2.45, 2.75) is 0 Å². The van der Waals surface area contributed by atoms with E-state index in [-0.39, 0.29) is 10.7 Å². The molecule has 0 unspecified atom stereocenters. The molecule has 0 bridgehead atoms. The van der Waals surface area contributed by atoms with E-state index in [1.54, 1.807) is 18.2 Å². The third-order valence-electron chi connectivity index (χ3n) is 3.18. The minimum atomic E-state index is -0.535. The van der Waals surface area contributed by atoms with Crippen molar-refractivity contribution in [3.63, 3.8) is 0 Å². The molecule has 0 saturated carbocycles. The maximum Gasteiger partial charge on any atom is 0.288 e. The fourth-order valence-electron chi connectivity index (χ4n) is 1.99. The second-order valence-corrected chi connectivity index (χ2v) is 6.58. The smallest absolute Gasteiger partial charge is 0.258 e. The zero-order chi connectivity index (χ0) is 17.8. The number of nitro benzene ring substituents is 1. The monoisotopic (exact) mass is 392 g/mol. The number of thiazole rings is 1. The average Bonchev–Trinajstić information content (AvgIpc) is 3.05. The van der Waals surface area contributed by atoms with Gasteiger partial charge in [0.2, 0.25) is 5.13 Å². The summed E-state index contributed by atoms with van der Waals surface area (Å²) in [5.41, 5.74) is 4.95. The van der Waals surface area contributed by atoms with Gasteiger partial charge in [-0.05, 0) is 18.2 Å². The van der Waals surface area contributed by atoms with Gasteiger partial charge >= 0.3 is 0 Å². The molecule has 6 nitrogen and oxygen atoms in total. The van der Waals surface area contributed by atoms with E-state index < -0.39 is 4.92 Å². The topological polar surface area (TPSA) is 80.4 Å². The first-order valence-corrected chi connectivity index (χ1v) is 8.61. The lowest BCUT2D eigenvalue weighted by Gasteiger charge is -1.98. The molecule has 25 heavy (non-hydrogen) atoms. The highest BCUT2D eigenvalue weighted by Crippen LogP contribution is 2.26. The Morgan fingerprint density at radius 1 is 1.20 bits per heavy atom. The summed E-state index contributed by atoms with van der Waals surface area (Å²) in [5.74, 6) is 0. The SMILES string of the molecule is O=[N+]([O-])c1cc(/C=N/Nc2nc(-c3ccc(Cl)cc3)cs2)ccc1Cl. The van der Waals surface area contributed by atoms with Crippen molar-refractivity contribution < 1.29 is 4.92 Å². The highest BCUT2D eigenvalue weighted by atomic mass is 35.5. The maximum absolute atomic E-state index is 10.9. The van der Waals surface area contributed by atoms with E-state index in [4.69, 9.17) is 23.2 Å². The van der Waals surface area contributed by atoms with Crippen LogP contribution in [-0.4, -0.2) is 16.1 Å². The number of halogens is 2. The number of hydrazone groups is 1. The molecule has 126 valence electrons. The van der Waals surface area contributed by atoms with Gasteiger partial charge in [-0.3, -0.25) is 15.5 Å². The van der Waals surface area contributed by atoms with Crippen LogP contribution in [-0.2, 0) is 0 Å². The van der Waals surface area contributed by atoms with Gasteiger partial charge in [-0.1, -0.05) is 41.4 Å². The minimum absolute atomic E-state index is 0.0858. The van der Waals surface area contributed by atoms with Gasteiger partial charge in [0.05, 0.1) is 16.8 Å². The standard InChI is InChI=1S/C16H10Cl2N4O2S/c17-12-4-2-11(3-5-12)14-9-25-16(20-14)21-19-8-10-1-6-13(18)15(7-10)22(23)24/h1-9H,(H,20,21)/b19-8+. The zero-order valence-corrected chi connectivity index (χ0v) is 14.8. The molecule has 3 rings (SSSR count). The van der Waals surface area contributed by atoms with Gasteiger partial charge in [-0.2, -0.15) is 5.10 Å². The highest BCUT2D eigenvalue weighted by molar-refractivity contribution is 7.14. The van der Waals surface area contributed by atoms with Gasteiger partial charge in [0, 0.05) is 27.6 Å². The van der Waals surface area contributed by atoms with E-state index in [2.05, 4.69) is 15.5 Å². The molecular weight excluding hydrogens is 383 g/mol. The summed E-state index contributed by atoms with van der Waals surface area (Å²) in [7, 11) is 0. The van der Waals surface area contributed by atoms with Crippen molar-refractivity contribution in [1.29, 1.82) is 0 Å². The van der Waals surface area contributed by atoms with Crippen LogP contribution in [0, 0.1) is 10.1 Å². The van der Waals surface area contributed by atoms with Gasteiger partial charge in [-0.15, -0.1) is 11.3 Å². The summed E-state index contributed by atoms with van der Waals surface area (Å²) < 4.78 is 0. The molecule has 3 aromatic rings. The lowest BCUT2D eigenvalue weighted by molar-refractivity contribution is -0.384. The summed E-state index contributed by atoms with van der Waals surface area (Å²) in [5, 5.41) is 18.2. The summed E-state index contributed by atoms with van der Waals surface area (Å²) in [4.78, 5) is 14.8. The van der Waals surface area contributed by atoms with Crippen LogP contribution in [0.15, 0.2) is 52.9 Å². The van der Waals surface area contributed by atoms with E-state index in [1.165, 1.54) is 29.7 Å². The van der Waals surface area contributed by atoms with E-state index >= 15 is 0 Å². The Bertz CT molecular complexity index is 942. The number of nitro groups is 1. The van der Waals surface area contributed by atoms with Crippen molar-refractivity contribution in [3.8, 4) is 11.3 Å². The van der Waals surface area contributed by atoms with Gasteiger partial charge in [0.25, 0.3) is 5.69 Å². The molecule has 1 aromatic heterocycles. The van der Waals surface area contributed by atoms with Gasteiger partial charge in [-0.25, -0.2) is 4.98 Å². The summed E-state index contributed by atoms with van der Waals surface area (Å²) >= 11 is 13.0. The number of anilines is 1. The normalized spacial score (nSPS) is 11.0. The predicted molar refractivity (Wildman–Crippen MR) is 102 cm³/mol. The molecule has 2 aromatic carbocycles. The maximum atomic E-state index is 10.9. The molecule has 0 aliphatic carbocycles. The third-order valence-corrected chi connectivity index (χ3v) is 4.50. The van der Waals surface area contributed by atoms with Crippen LogP contribution in [0.25, 0.3) is 11.3 Å². The first-order valence-electron chi connectivity index (χ1n) is 6.97. The molecule has 0 aliphatic rings. The first-order chi connectivity index (χ1) is 12.0. The van der Waals surface area contributed by atoms with Crippen molar-refractivity contribution in [1.82, 2.24) is 4.98 Å². The molecule has 9 heteroatoms. The Balaban J connectivity index is 1.70. The van der Waals surface area contributed by atoms with E-state index in [1.807, 2.05) is 17.5 Å². The minimum Gasteiger partial charge on any atom is -0.258 e. The quantitative estimate of drug-likeness (QED) is 0.354. The summed E-state index contributed by atoms with van der Waals surface area (Å²) in [6, 6.07) is 11.8. The number of hydrogen-bond donors (Lipinski definition) is 1. The Morgan fingerprint density at radius 3 is 2.68 bits per heavy atom. The van der Waals surface area contributed by atoms with Crippen molar-refractivity contribution in [2.75, 3.05) is 5.43 Å². The predicted octanol–water partition coefficient (Wildman–Crippen LogP) is 5.47. The number of benzene rings is 2. The second kappa shape index (κ2) is 7.60. The fourth-order valence-corrected chi connectivity index (χ4v) is 2.97. The number of nitrogens with one attached hydrogen (secondary N) is 1. The number of aromatic nitrogens is 1. The Hall–Kier alpha value is -2.48. The van der Waals surface area contributed by atoms with E-state index in [0.717, 1.165) is 11.3 Å². The van der Waals surface area contributed by atoms with E-state index in [9.17, 15) is 10.1 Å². The van der Waals surface area contributed by atoms with Crippen molar-refractivity contribution >= 4 is 51.6 Å². The van der Waals surface area contributed by atoms with E-state index in [0.29, 0.717) is 15.7 Å². The Labute approximate surface area is 156 Å². The second-order valence-electron chi connectivity index (χ2n) is 4.88. The molecule has 0 fully saturated rings. The van der Waals surface area contributed by atoms with Crippen LogP contribution in [0.2, 0.25) is 10.0 Å². The van der Waals surface area contributed by atoms with Crippen LogP contribution >= 0.6 is 34.5 Å². The molecule has 0 radical (unpaired) electrons. The molecular formula is C16H10Cl2N4O2S. The van der Waals surface area contributed by atoms with Crippen LogP contribution in [0.1, 0.15) is 5.56 Å². The van der Waals surface area contributed by atoms with Crippen molar-refractivity contribution in [3.05, 3.63) is 73.6 Å². The average molecular weight is 393 g/mol. The lowest BCUT2D eigenvalue weighted by Crippen LogP contribution is -1.93. The third kappa shape index (κ3) is 4.33. The summed E-state index contributed by atoms with van der Waals surface area (Å²) in [6.07, 6.45) is 1.46. The first kappa shape index (κ1) is 17.3. The molecule has 0 spiro atoms. The van der Waals surface area contributed by atoms with Crippen LogP contribution in [0.4, 0.5) is 10.8 Å². The number of hydrogen-bond acceptors (Lipinski definition) is 6. The van der Waals surface area contributed by atoms with Gasteiger partial charge in [0.1, 0.15) is 5.02 Å². The molecule has 1 N–H and O–H groups in total. The zero-order valence-electron chi connectivity index (χ0n) is 12.5. The number of rotatable bonds is 5. The van der Waals surface area contributed by atoms with Crippen LogP contribution in [0.5, 0.6) is 0 Å². The van der Waals surface area contributed by atoms with Crippen LogP contribution < -0.4 is 5.43 Å². The molecule has 0 amide bonds. The van der Waals surface area contributed by atoms with Gasteiger partial charge in [0.15, 0.2) is 0 Å². The Morgan fingerprint density at radius 2 is 1.96 bits per heavy atom. The Kier molecular flexibility index (Phi) is 5.28. The summed E-state index contributed by atoms with van der Waals surface area (Å²) in [6.45, 7) is 0. The molecule has 0 atom stereocenters. The molecule has 0 aliphatic heterocycles. The number of nitrogens with zero attached hydrogens (tertiary/aromatic N) is 3. The van der Waals surface area contributed by atoms with Crippen molar-refractivity contribution in [2.24, 2.45) is 5.10 Å².